The van der Waals surface area contributed by atoms with Crippen molar-refractivity contribution in [3.8, 4) is 0 Å². The number of rotatable bonds is 5. The van der Waals surface area contributed by atoms with Crippen LogP contribution in [0.15, 0.2) is 0 Å². The summed E-state index contributed by atoms with van der Waals surface area (Å²) in [4.78, 5) is 22.4. The second-order valence-corrected chi connectivity index (χ2v) is 6.28. The van der Waals surface area contributed by atoms with E-state index in [-0.39, 0.29) is 17.3 Å². The van der Waals surface area contributed by atoms with Crippen molar-refractivity contribution in [2.45, 2.75) is 33.6 Å². The van der Waals surface area contributed by atoms with Crippen molar-refractivity contribution in [3.05, 3.63) is 17.0 Å². The minimum atomic E-state index is 0.112. The van der Waals surface area contributed by atoms with Crippen molar-refractivity contribution in [2.24, 2.45) is 5.41 Å². The van der Waals surface area contributed by atoms with Crippen LogP contribution >= 0.6 is 0 Å². The summed E-state index contributed by atoms with van der Waals surface area (Å²) in [6.45, 7) is 8.15. The first-order chi connectivity index (χ1) is 9.81. The van der Waals surface area contributed by atoms with Crippen molar-refractivity contribution < 1.29 is 9.53 Å². The number of nitrogens with two attached hydrogens (primary N) is 1. The molecule has 1 amide bonds. The molecule has 0 bridgehead atoms. The van der Waals surface area contributed by atoms with Crippen LogP contribution in [0, 0.1) is 19.3 Å². The standard InChI is InChI=1S/C15H24N4O2/c1-10-12(11(2)18-14(16)17-10)5-6-13(20)19(4)7-15(3)8-21-9-15/h5-9H2,1-4H3,(H2,16,17,18). The average Bonchev–Trinajstić information content (AvgIpc) is 2.35. The maximum Gasteiger partial charge on any atom is 0.222 e. The summed E-state index contributed by atoms with van der Waals surface area (Å²) >= 11 is 0. The van der Waals surface area contributed by atoms with Crippen molar-refractivity contribution in [1.82, 2.24) is 14.9 Å². The minimum absolute atomic E-state index is 0.112. The molecule has 2 rings (SSSR count). The van der Waals surface area contributed by atoms with Crippen LogP contribution in [0.5, 0.6) is 0 Å². The van der Waals surface area contributed by atoms with Gasteiger partial charge >= 0.3 is 0 Å². The Balaban J connectivity index is 1.92. The largest absolute Gasteiger partial charge is 0.380 e. The first kappa shape index (κ1) is 15.7. The van der Waals surface area contributed by atoms with Gasteiger partial charge in [0, 0.05) is 36.8 Å². The fraction of sp³-hybridized carbons (Fsp3) is 0.667. The predicted octanol–water partition coefficient (Wildman–Crippen LogP) is 1.10. The van der Waals surface area contributed by atoms with Gasteiger partial charge in [-0.25, -0.2) is 9.97 Å². The van der Waals surface area contributed by atoms with Gasteiger partial charge in [-0.1, -0.05) is 6.92 Å². The molecule has 0 aromatic carbocycles. The van der Waals surface area contributed by atoms with Crippen LogP contribution in [0.3, 0.4) is 0 Å². The van der Waals surface area contributed by atoms with Gasteiger partial charge in [0.25, 0.3) is 0 Å². The zero-order valence-electron chi connectivity index (χ0n) is 13.3. The predicted molar refractivity (Wildman–Crippen MR) is 80.8 cm³/mol. The van der Waals surface area contributed by atoms with E-state index in [4.69, 9.17) is 10.5 Å². The Morgan fingerprint density at radius 2 is 1.90 bits per heavy atom. The van der Waals surface area contributed by atoms with Crippen LogP contribution in [0.4, 0.5) is 5.95 Å². The van der Waals surface area contributed by atoms with Crippen molar-refractivity contribution in [3.63, 3.8) is 0 Å². The van der Waals surface area contributed by atoms with Gasteiger partial charge in [0.05, 0.1) is 13.2 Å². The molecule has 0 radical (unpaired) electrons. The minimum Gasteiger partial charge on any atom is -0.380 e. The number of hydrogen-bond donors (Lipinski definition) is 1. The molecule has 0 aliphatic carbocycles. The van der Waals surface area contributed by atoms with Gasteiger partial charge in [-0.05, 0) is 25.8 Å². The number of nitrogens with zero attached hydrogens (tertiary/aromatic N) is 3. The van der Waals surface area contributed by atoms with Gasteiger partial charge in [0.1, 0.15) is 0 Å². The maximum absolute atomic E-state index is 12.2. The molecule has 21 heavy (non-hydrogen) atoms. The van der Waals surface area contributed by atoms with E-state index in [0.29, 0.717) is 12.8 Å². The van der Waals surface area contributed by atoms with Crippen LogP contribution in [0.25, 0.3) is 0 Å². The number of nitrogen functional groups attached to an aromatic ring is 1. The van der Waals surface area contributed by atoms with Gasteiger partial charge in [-0.2, -0.15) is 0 Å². The lowest BCUT2D eigenvalue weighted by Crippen LogP contribution is -2.49. The van der Waals surface area contributed by atoms with Crippen molar-refractivity contribution in [2.75, 3.05) is 32.5 Å². The highest BCUT2D eigenvalue weighted by Gasteiger charge is 2.35. The number of hydrogen-bond acceptors (Lipinski definition) is 5. The lowest BCUT2D eigenvalue weighted by Gasteiger charge is -2.40. The maximum atomic E-state index is 12.2. The summed E-state index contributed by atoms with van der Waals surface area (Å²) in [7, 11) is 1.85. The highest BCUT2D eigenvalue weighted by Crippen LogP contribution is 2.27. The third kappa shape index (κ3) is 3.69. The van der Waals surface area contributed by atoms with Gasteiger partial charge < -0.3 is 15.4 Å². The topological polar surface area (TPSA) is 81.3 Å². The van der Waals surface area contributed by atoms with Crippen molar-refractivity contribution >= 4 is 11.9 Å². The molecule has 1 aromatic rings. The molecule has 6 nitrogen and oxygen atoms in total. The zero-order chi connectivity index (χ0) is 15.6. The molecule has 1 aliphatic rings. The van der Waals surface area contributed by atoms with E-state index in [1.54, 1.807) is 4.90 Å². The lowest BCUT2D eigenvalue weighted by molar-refractivity contribution is -0.141. The highest BCUT2D eigenvalue weighted by molar-refractivity contribution is 5.76. The van der Waals surface area contributed by atoms with Crippen LogP contribution in [-0.4, -0.2) is 47.6 Å². The van der Waals surface area contributed by atoms with Crippen LogP contribution in [0.1, 0.15) is 30.3 Å². The molecular formula is C15H24N4O2. The van der Waals surface area contributed by atoms with E-state index in [2.05, 4.69) is 16.9 Å². The molecule has 1 fully saturated rings. The number of aryl methyl sites for hydroxylation is 2. The fourth-order valence-electron chi connectivity index (χ4n) is 2.75. The summed E-state index contributed by atoms with van der Waals surface area (Å²) in [6.07, 6.45) is 1.11. The van der Waals surface area contributed by atoms with E-state index in [0.717, 1.165) is 36.7 Å². The monoisotopic (exact) mass is 292 g/mol. The Labute approximate surface area is 125 Å². The summed E-state index contributed by atoms with van der Waals surface area (Å²) in [5, 5.41) is 0. The Kier molecular flexibility index (Phi) is 4.46. The average molecular weight is 292 g/mol. The number of carbonyl (C=O) groups is 1. The van der Waals surface area contributed by atoms with E-state index in [1.807, 2.05) is 20.9 Å². The lowest BCUT2D eigenvalue weighted by atomic mass is 9.88. The van der Waals surface area contributed by atoms with Gasteiger partial charge in [-0.3, -0.25) is 4.79 Å². The first-order valence-corrected chi connectivity index (χ1v) is 7.22. The summed E-state index contributed by atoms with van der Waals surface area (Å²) in [5.74, 6) is 0.425. The summed E-state index contributed by atoms with van der Waals surface area (Å²) in [6, 6.07) is 0. The Hall–Kier alpha value is -1.69. The molecule has 1 aromatic heterocycles. The van der Waals surface area contributed by atoms with Crippen LogP contribution < -0.4 is 5.73 Å². The SMILES string of the molecule is Cc1nc(N)nc(C)c1CCC(=O)N(C)CC1(C)COC1. The summed E-state index contributed by atoms with van der Waals surface area (Å²) < 4.78 is 5.22. The molecule has 116 valence electrons. The summed E-state index contributed by atoms with van der Waals surface area (Å²) in [5.41, 5.74) is 8.46. The molecule has 2 N–H and O–H groups in total. The molecule has 1 saturated heterocycles. The highest BCUT2D eigenvalue weighted by atomic mass is 16.5. The van der Waals surface area contributed by atoms with Crippen molar-refractivity contribution in [1.29, 1.82) is 0 Å². The third-order valence-corrected chi connectivity index (χ3v) is 3.97. The molecule has 0 atom stereocenters. The molecule has 6 heteroatoms. The van der Waals surface area contributed by atoms with Gasteiger partial charge in [-0.15, -0.1) is 0 Å². The zero-order valence-corrected chi connectivity index (χ0v) is 13.3. The number of amides is 1. The molecule has 2 heterocycles. The van der Waals surface area contributed by atoms with E-state index in [9.17, 15) is 4.79 Å². The number of anilines is 1. The van der Waals surface area contributed by atoms with E-state index < -0.39 is 0 Å². The van der Waals surface area contributed by atoms with Gasteiger partial charge in [0.15, 0.2) is 0 Å². The number of ether oxygens (including phenoxy) is 1. The van der Waals surface area contributed by atoms with E-state index in [1.165, 1.54) is 0 Å². The molecule has 1 aliphatic heterocycles. The first-order valence-electron chi connectivity index (χ1n) is 7.22. The second kappa shape index (κ2) is 5.97. The van der Waals surface area contributed by atoms with E-state index >= 15 is 0 Å². The smallest absolute Gasteiger partial charge is 0.222 e. The van der Waals surface area contributed by atoms with Gasteiger partial charge in [0.2, 0.25) is 11.9 Å². The number of aromatic nitrogens is 2. The normalized spacial score (nSPS) is 16.4. The molecular weight excluding hydrogens is 268 g/mol. The molecule has 0 unspecified atom stereocenters. The number of carbonyl (C=O) groups excluding carboxylic acids is 1. The third-order valence-electron chi connectivity index (χ3n) is 3.97. The quantitative estimate of drug-likeness (QED) is 0.879. The molecule has 0 saturated carbocycles. The molecule has 0 spiro atoms. The van der Waals surface area contributed by atoms with Crippen LogP contribution in [0.2, 0.25) is 0 Å². The Morgan fingerprint density at radius 3 is 2.38 bits per heavy atom. The van der Waals surface area contributed by atoms with Crippen LogP contribution in [-0.2, 0) is 16.0 Å². The fourth-order valence-corrected chi connectivity index (χ4v) is 2.75. The second-order valence-electron chi connectivity index (χ2n) is 6.28. The Bertz CT molecular complexity index is 517. The Morgan fingerprint density at radius 1 is 1.33 bits per heavy atom.